The Bertz CT molecular complexity index is 834. The van der Waals surface area contributed by atoms with E-state index in [0.717, 1.165) is 30.3 Å². The number of benzene rings is 1. The van der Waals surface area contributed by atoms with Crippen LogP contribution in [0, 0.1) is 0 Å². The fourth-order valence-corrected chi connectivity index (χ4v) is 3.48. The first-order valence-electron chi connectivity index (χ1n) is 7.77. The number of H-pyrrole nitrogens is 1. The summed E-state index contributed by atoms with van der Waals surface area (Å²) in [4.78, 5) is 15.8. The number of nitrogens with zero attached hydrogens (tertiary/aromatic N) is 1. The first kappa shape index (κ1) is 14.6. The van der Waals surface area contributed by atoms with E-state index in [0.29, 0.717) is 10.7 Å². The predicted molar refractivity (Wildman–Crippen MR) is 91.2 cm³/mol. The van der Waals surface area contributed by atoms with Crippen LogP contribution in [-0.2, 0) is 0 Å². The molecule has 4 rings (SSSR count). The van der Waals surface area contributed by atoms with E-state index < -0.39 is 0 Å². The van der Waals surface area contributed by atoms with Crippen LogP contribution in [0.2, 0.25) is 5.02 Å². The number of hydrazine groups is 1. The number of aromatic nitrogens is 1. The maximum atomic E-state index is 12.7. The number of rotatable bonds is 3. The molecule has 1 aromatic heterocycles. The van der Waals surface area contributed by atoms with Gasteiger partial charge in [0.2, 0.25) is 0 Å². The van der Waals surface area contributed by atoms with Crippen LogP contribution in [0.1, 0.15) is 30.3 Å². The second kappa shape index (κ2) is 5.01. The minimum atomic E-state index is -0.187. The smallest absolute Gasteiger partial charge is 0.268 e. The van der Waals surface area contributed by atoms with E-state index in [9.17, 15) is 4.79 Å². The van der Waals surface area contributed by atoms with E-state index >= 15 is 0 Å². The first-order chi connectivity index (χ1) is 11.0. The molecule has 0 saturated heterocycles. The summed E-state index contributed by atoms with van der Waals surface area (Å²) >= 11 is 6.01. The van der Waals surface area contributed by atoms with E-state index in [1.807, 2.05) is 36.3 Å². The molecule has 2 heterocycles. The van der Waals surface area contributed by atoms with E-state index in [2.05, 4.69) is 22.7 Å². The van der Waals surface area contributed by atoms with Gasteiger partial charge in [-0.2, -0.15) is 0 Å². The van der Waals surface area contributed by atoms with Crippen LogP contribution in [0.4, 0.5) is 0 Å². The molecule has 3 N–H and O–H groups in total. The number of allylic oxidation sites excluding steroid dienone is 1. The third-order valence-corrected chi connectivity index (χ3v) is 5.18. The highest BCUT2D eigenvalue weighted by Crippen LogP contribution is 2.45. The van der Waals surface area contributed by atoms with Gasteiger partial charge in [0.15, 0.2) is 0 Å². The van der Waals surface area contributed by atoms with Crippen molar-refractivity contribution in [1.29, 1.82) is 0 Å². The Hall–Kier alpha value is -1.98. The van der Waals surface area contributed by atoms with E-state index in [4.69, 9.17) is 11.6 Å². The summed E-state index contributed by atoms with van der Waals surface area (Å²) in [5.74, 6) is -0.0651. The Labute approximate surface area is 139 Å². The minimum absolute atomic E-state index is 0.0651. The quantitative estimate of drug-likeness (QED) is 0.811. The van der Waals surface area contributed by atoms with Gasteiger partial charge in [0.1, 0.15) is 5.69 Å². The molecule has 0 bridgehead atoms. The molecule has 2 aromatic rings. The van der Waals surface area contributed by atoms with Gasteiger partial charge >= 0.3 is 0 Å². The van der Waals surface area contributed by atoms with Crippen molar-refractivity contribution >= 4 is 28.4 Å². The molecule has 2 aliphatic rings. The van der Waals surface area contributed by atoms with Crippen molar-refractivity contribution in [3.05, 3.63) is 46.3 Å². The zero-order chi connectivity index (χ0) is 16.2. The molecule has 120 valence electrons. The third-order valence-electron chi connectivity index (χ3n) is 4.94. The van der Waals surface area contributed by atoms with Gasteiger partial charge in [-0.1, -0.05) is 11.6 Å². The number of aromatic amines is 1. The molecular weight excluding hydrogens is 312 g/mol. The molecule has 0 spiro atoms. The molecule has 5 nitrogen and oxygen atoms in total. The SMILES string of the molecule is CC1=C(C2(NC(=O)c3cc4cc(Cl)ccc4[nH]3)CC2)CNN1C. The molecule has 1 amide bonds. The molecule has 1 aliphatic heterocycles. The number of hydrogen-bond donors (Lipinski definition) is 3. The van der Waals surface area contributed by atoms with Gasteiger partial charge < -0.3 is 15.3 Å². The van der Waals surface area contributed by atoms with Gasteiger partial charge in [-0.25, -0.2) is 5.43 Å². The zero-order valence-electron chi connectivity index (χ0n) is 13.2. The maximum absolute atomic E-state index is 12.7. The normalized spacial score (nSPS) is 19.5. The third kappa shape index (κ3) is 2.40. The van der Waals surface area contributed by atoms with Crippen LogP contribution in [0.15, 0.2) is 35.5 Å². The Balaban J connectivity index is 1.60. The number of halogens is 1. The highest BCUT2D eigenvalue weighted by Gasteiger charge is 2.49. The van der Waals surface area contributed by atoms with Crippen molar-refractivity contribution in [3.8, 4) is 0 Å². The van der Waals surface area contributed by atoms with Crippen molar-refractivity contribution in [2.75, 3.05) is 13.6 Å². The molecule has 0 unspecified atom stereocenters. The van der Waals surface area contributed by atoms with Crippen molar-refractivity contribution in [2.24, 2.45) is 0 Å². The first-order valence-corrected chi connectivity index (χ1v) is 8.15. The molecular formula is C17H19ClN4O. The van der Waals surface area contributed by atoms with Gasteiger partial charge in [-0.05, 0) is 49.6 Å². The molecule has 23 heavy (non-hydrogen) atoms. The maximum Gasteiger partial charge on any atom is 0.268 e. The van der Waals surface area contributed by atoms with Crippen LogP contribution in [0.3, 0.4) is 0 Å². The van der Waals surface area contributed by atoms with Gasteiger partial charge in [-0.15, -0.1) is 0 Å². The number of carbonyl (C=O) groups is 1. The molecule has 1 aliphatic carbocycles. The molecule has 1 fully saturated rings. The van der Waals surface area contributed by atoms with Crippen molar-refractivity contribution in [1.82, 2.24) is 20.7 Å². The molecule has 1 aromatic carbocycles. The van der Waals surface area contributed by atoms with Crippen LogP contribution in [0.25, 0.3) is 10.9 Å². The molecule has 0 radical (unpaired) electrons. The summed E-state index contributed by atoms with van der Waals surface area (Å²) in [7, 11) is 2.00. The lowest BCUT2D eigenvalue weighted by Crippen LogP contribution is -2.39. The van der Waals surface area contributed by atoms with Crippen molar-refractivity contribution in [2.45, 2.75) is 25.3 Å². The Kier molecular flexibility index (Phi) is 3.18. The number of amides is 1. The van der Waals surface area contributed by atoms with E-state index in [1.54, 1.807) is 0 Å². The van der Waals surface area contributed by atoms with Crippen LogP contribution in [0.5, 0.6) is 0 Å². The molecule has 6 heteroatoms. The van der Waals surface area contributed by atoms with Gasteiger partial charge in [0, 0.05) is 35.2 Å². The van der Waals surface area contributed by atoms with E-state index in [-0.39, 0.29) is 11.4 Å². The summed E-state index contributed by atoms with van der Waals surface area (Å²) in [5, 5.41) is 6.86. The lowest BCUT2D eigenvalue weighted by atomic mass is 10.0. The topological polar surface area (TPSA) is 60.2 Å². The van der Waals surface area contributed by atoms with Crippen LogP contribution in [-0.4, -0.2) is 35.0 Å². The summed E-state index contributed by atoms with van der Waals surface area (Å²) in [6, 6.07) is 7.43. The zero-order valence-corrected chi connectivity index (χ0v) is 13.9. The lowest BCUT2D eigenvalue weighted by Gasteiger charge is -2.19. The van der Waals surface area contributed by atoms with Crippen LogP contribution < -0.4 is 10.7 Å². The average Bonchev–Trinajstić information content (AvgIpc) is 3.02. The number of nitrogens with one attached hydrogen (secondary N) is 3. The number of hydrogen-bond acceptors (Lipinski definition) is 3. The van der Waals surface area contributed by atoms with Gasteiger partial charge in [0.25, 0.3) is 5.91 Å². The number of fused-ring (bicyclic) bond motifs is 1. The largest absolute Gasteiger partial charge is 0.351 e. The molecule has 0 atom stereocenters. The second-order valence-corrected chi connectivity index (χ2v) is 6.85. The Morgan fingerprint density at radius 1 is 1.35 bits per heavy atom. The second-order valence-electron chi connectivity index (χ2n) is 6.41. The van der Waals surface area contributed by atoms with E-state index in [1.165, 1.54) is 11.3 Å². The van der Waals surface area contributed by atoms with Gasteiger partial charge in [-0.3, -0.25) is 4.79 Å². The Morgan fingerprint density at radius 3 is 2.78 bits per heavy atom. The summed E-state index contributed by atoms with van der Waals surface area (Å²) in [5.41, 5.74) is 7.08. The standard InChI is InChI=1S/C17H19ClN4O/c1-10-13(9-19-22(10)2)17(5-6-17)21-16(23)15-8-11-7-12(18)3-4-14(11)20-15/h3-4,7-8,19-20H,5-6,9H2,1-2H3,(H,21,23). The highest BCUT2D eigenvalue weighted by atomic mass is 35.5. The molecule has 1 saturated carbocycles. The van der Waals surface area contributed by atoms with Crippen LogP contribution >= 0.6 is 11.6 Å². The fraction of sp³-hybridized carbons (Fsp3) is 0.353. The summed E-state index contributed by atoms with van der Waals surface area (Å²) in [6.07, 6.45) is 1.99. The Morgan fingerprint density at radius 2 is 2.13 bits per heavy atom. The predicted octanol–water partition coefficient (Wildman–Crippen LogP) is 2.81. The monoisotopic (exact) mass is 330 g/mol. The minimum Gasteiger partial charge on any atom is -0.351 e. The highest BCUT2D eigenvalue weighted by molar-refractivity contribution is 6.31. The van der Waals surface area contributed by atoms with Gasteiger partial charge in [0.05, 0.1) is 5.54 Å². The number of carbonyl (C=O) groups excluding carboxylic acids is 1. The van der Waals surface area contributed by atoms with Crippen molar-refractivity contribution in [3.63, 3.8) is 0 Å². The lowest BCUT2D eigenvalue weighted by molar-refractivity contribution is 0.0934. The summed E-state index contributed by atoms with van der Waals surface area (Å²) < 4.78 is 0. The average molecular weight is 331 g/mol. The fourth-order valence-electron chi connectivity index (χ4n) is 3.30. The van der Waals surface area contributed by atoms with Crippen molar-refractivity contribution < 1.29 is 4.79 Å². The summed E-state index contributed by atoms with van der Waals surface area (Å²) in [6.45, 7) is 2.89.